The number of thioether (sulfide) groups is 1. The Hall–Kier alpha value is -0.320. The van der Waals surface area contributed by atoms with Gasteiger partial charge in [0.05, 0.1) is 0 Å². The molecule has 0 aliphatic carbocycles. The Bertz CT molecular complexity index is 423. The third kappa shape index (κ3) is 4.82. The molecule has 1 rings (SSSR count). The van der Waals surface area contributed by atoms with Gasteiger partial charge >= 0.3 is 0 Å². The maximum atomic E-state index is 11.8. The standard InChI is InChI=1S/C11H11O2P3S/c1-14-16(15-2)8-17-11(13)10-5-3-9(7-12)4-6-10/h3-7H,1-2,8H2. The second-order valence-electron chi connectivity index (χ2n) is 2.96. The highest BCUT2D eigenvalue weighted by atomic mass is 32.4. The molecule has 0 radical (unpaired) electrons. The summed E-state index contributed by atoms with van der Waals surface area (Å²) in [7, 11) is 1.88. The average molecular weight is 300 g/mol. The van der Waals surface area contributed by atoms with Crippen molar-refractivity contribution in [2.45, 2.75) is 0 Å². The van der Waals surface area contributed by atoms with E-state index in [2.05, 4.69) is 12.6 Å². The van der Waals surface area contributed by atoms with Gasteiger partial charge in [-0.1, -0.05) is 52.3 Å². The minimum Gasteiger partial charge on any atom is -0.298 e. The van der Waals surface area contributed by atoms with Crippen LogP contribution >= 0.6 is 34.8 Å². The third-order valence-corrected chi connectivity index (χ3v) is 10.8. The molecule has 0 saturated carbocycles. The molecule has 0 spiro atoms. The van der Waals surface area contributed by atoms with E-state index >= 15 is 0 Å². The van der Waals surface area contributed by atoms with Crippen LogP contribution in [0, 0.1) is 0 Å². The molecule has 0 N–H and O–H groups in total. The van der Waals surface area contributed by atoms with Crippen LogP contribution in [-0.4, -0.2) is 29.5 Å². The van der Waals surface area contributed by atoms with E-state index in [0.29, 0.717) is 11.1 Å². The second kappa shape index (κ2) is 7.90. The lowest BCUT2D eigenvalue weighted by Gasteiger charge is -2.04. The molecule has 88 valence electrons. The van der Waals surface area contributed by atoms with Gasteiger partial charge in [-0.15, -0.1) is 0 Å². The van der Waals surface area contributed by atoms with Crippen LogP contribution in [0.4, 0.5) is 0 Å². The molecule has 0 heterocycles. The topological polar surface area (TPSA) is 34.1 Å². The van der Waals surface area contributed by atoms with Gasteiger partial charge in [0.2, 0.25) is 5.12 Å². The Morgan fingerprint density at radius 3 is 2.35 bits per heavy atom. The molecule has 0 saturated heterocycles. The van der Waals surface area contributed by atoms with Crippen molar-refractivity contribution in [2.24, 2.45) is 0 Å². The van der Waals surface area contributed by atoms with E-state index in [0.717, 1.165) is 27.6 Å². The Balaban J connectivity index is 2.60. The maximum absolute atomic E-state index is 11.8. The highest BCUT2D eigenvalue weighted by molar-refractivity contribution is 8.53. The Morgan fingerprint density at radius 1 is 1.29 bits per heavy atom. The van der Waals surface area contributed by atoms with E-state index in [1.807, 2.05) is 0 Å². The molecule has 17 heavy (non-hydrogen) atoms. The van der Waals surface area contributed by atoms with Crippen LogP contribution in [0.5, 0.6) is 0 Å². The van der Waals surface area contributed by atoms with Gasteiger partial charge in [-0.2, -0.15) is 0 Å². The Kier molecular flexibility index (Phi) is 6.85. The lowest BCUT2D eigenvalue weighted by atomic mass is 10.2. The zero-order chi connectivity index (χ0) is 12.7. The molecular weight excluding hydrogens is 289 g/mol. The van der Waals surface area contributed by atoms with Gasteiger partial charge in [-0.3, -0.25) is 9.59 Å². The molecule has 6 heteroatoms. The SMILES string of the molecule is C=PP(CSC(=O)c1ccc(C=O)cc1)P=C. The molecule has 0 aromatic heterocycles. The number of rotatable bonds is 6. The predicted octanol–water partition coefficient (Wildman–Crippen LogP) is 4.40. The van der Waals surface area contributed by atoms with Gasteiger partial charge in [0.15, 0.2) is 0 Å². The lowest BCUT2D eigenvalue weighted by molar-refractivity contribution is 0.108. The maximum Gasteiger partial charge on any atom is 0.219 e. The summed E-state index contributed by atoms with van der Waals surface area (Å²) in [6.45, 7) is 0. The largest absolute Gasteiger partial charge is 0.298 e. The first kappa shape index (κ1) is 14.7. The highest BCUT2D eigenvalue weighted by Crippen LogP contribution is 2.61. The Labute approximate surface area is 109 Å². The zero-order valence-electron chi connectivity index (χ0n) is 9.07. The molecule has 0 amide bonds. The van der Waals surface area contributed by atoms with Crippen LogP contribution in [0.1, 0.15) is 20.7 Å². The summed E-state index contributed by atoms with van der Waals surface area (Å²) in [4.78, 5) is 22.3. The van der Waals surface area contributed by atoms with E-state index in [4.69, 9.17) is 0 Å². The molecule has 1 aromatic carbocycles. The van der Waals surface area contributed by atoms with Crippen LogP contribution < -0.4 is 0 Å². The molecule has 0 aliphatic heterocycles. The molecular formula is C11H11O2P3S. The molecule has 2 nitrogen and oxygen atoms in total. The van der Waals surface area contributed by atoms with Gasteiger partial charge in [-0.25, -0.2) is 0 Å². The van der Waals surface area contributed by atoms with E-state index in [9.17, 15) is 9.59 Å². The van der Waals surface area contributed by atoms with Crippen molar-refractivity contribution in [3.63, 3.8) is 0 Å². The average Bonchev–Trinajstić information content (AvgIpc) is 2.39. The van der Waals surface area contributed by atoms with Crippen LogP contribution in [-0.2, 0) is 0 Å². The van der Waals surface area contributed by atoms with Gasteiger partial charge < -0.3 is 0 Å². The van der Waals surface area contributed by atoms with Crippen molar-refractivity contribution in [3.8, 4) is 0 Å². The normalized spacial score (nSPS) is 12.5. The summed E-state index contributed by atoms with van der Waals surface area (Å²) < 4.78 is 0. The smallest absolute Gasteiger partial charge is 0.219 e. The number of aldehydes is 1. The van der Waals surface area contributed by atoms with Crippen LogP contribution in [0.3, 0.4) is 0 Å². The monoisotopic (exact) mass is 300 g/mol. The molecule has 0 unspecified atom stereocenters. The fraction of sp³-hybridized carbons (Fsp3) is 0.0909. The highest BCUT2D eigenvalue weighted by Gasteiger charge is 2.09. The molecule has 1 aromatic rings. The first-order chi connectivity index (χ1) is 8.21. The van der Waals surface area contributed by atoms with Crippen LogP contribution in [0.15, 0.2) is 24.3 Å². The number of benzene rings is 1. The lowest BCUT2D eigenvalue weighted by Crippen LogP contribution is -1.93. The van der Waals surface area contributed by atoms with Gasteiger partial charge in [0.1, 0.15) is 6.29 Å². The molecule has 0 fully saturated rings. The van der Waals surface area contributed by atoms with E-state index in [1.165, 1.54) is 11.8 Å². The number of carbonyl (C=O) groups excluding carboxylic acids is 2. The number of hydrogen-bond acceptors (Lipinski definition) is 3. The summed E-state index contributed by atoms with van der Waals surface area (Å²) in [5, 5.41) is 0.0437. The van der Waals surface area contributed by atoms with Gasteiger partial charge in [0, 0.05) is 23.9 Å². The summed E-state index contributed by atoms with van der Waals surface area (Å²) >= 11 is 1.31. The van der Waals surface area contributed by atoms with E-state index in [-0.39, 0.29) is 12.4 Å². The quantitative estimate of drug-likeness (QED) is 0.577. The van der Waals surface area contributed by atoms with Crippen LogP contribution in [0.2, 0.25) is 0 Å². The predicted molar refractivity (Wildman–Crippen MR) is 83.6 cm³/mol. The number of carbonyl (C=O) groups is 2. The summed E-state index contributed by atoms with van der Waals surface area (Å²) in [5.74, 6) is 0. The second-order valence-corrected chi connectivity index (χ2v) is 11.5. The van der Waals surface area contributed by atoms with Gasteiger partial charge in [0.25, 0.3) is 0 Å². The summed E-state index contributed by atoms with van der Waals surface area (Å²) in [6.07, 6.45) is 8.41. The number of hydrogen-bond donors (Lipinski definition) is 0. The minimum absolute atomic E-state index is 0.0437. The Morgan fingerprint density at radius 2 is 1.88 bits per heavy atom. The van der Waals surface area contributed by atoms with Crippen molar-refractivity contribution in [2.75, 3.05) is 5.49 Å². The van der Waals surface area contributed by atoms with Crippen molar-refractivity contribution < 1.29 is 9.59 Å². The first-order valence-electron chi connectivity index (χ1n) is 4.64. The van der Waals surface area contributed by atoms with Gasteiger partial charge in [-0.05, 0) is 12.1 Å². The summed E-state index contributed by atoms with van der Waals surface area (Å²) in [5.41, 5.74) is 2.01. The van der Waals surface area contributed by atoms with Crippen molar-refractivity contribution in [1.82, 2.24) is 0 Å². The first-order valence-corrected chi connectivity index (χ1v) is 10.7. The van der Waals surface area contributed by atoms with E-state index < -0.39 is 0 Å². The minimum atomic E-state index is -0.280. The molecule has 0 aliphatic rings. The van der Waals surface area contributed by atoms with Crippen LogP contribution in [0.25, 0.3) is 0 Å². The fourth-order valence-electron chi connectivity index (χ4n) is 1.02. The molecule has 0 bridgehead atoms. The van der Waals surface area contributed by atoms with Crippen molar-refractivity contribution in [1.29, 1.82) is 0 Å². The molecule has 0 atom stereocenters. The fourth-order valence-corrected chi connectivity index (χ4v) is 6.58. The third-order valence-electron chi connectivity index (χ3n) is 1.92. The summed E-state index contributed by atoms with van der Waals surface area (Å²) in [6, 6.07) is 6.68. The van der Waals surface area contributed by atoms with E-state index in [1.54, 1.807) is 24.3 Å². The van der Waals surface area contributed by atoms with Crippen molar-refractivity contribution >= 4 is 58.8 Å². The van der Waals surface area contributed by atoms with Crippen molar-refractivity contribution in [3.05, 3.63) is 35.4 Å². The zero-order valence-corrected chi connectivity index (χ0v) is 12.6.